The second-order valence-electron chi connectivity index (χ2n) is 6.99. The van der Waals surface area contributed by atoms with E-state index in [1.165, 1.54) is 0 Å². The Balaban J connectivity index is 1.69. The first-order valence-electron chi connectivity index (χ1n) is 9.79. The van der Waals surface area contributed by atoms with E-state index in [2.05, 4.69) is 45.1 Å². The van der Waals surface area contributed by atoms with E-state index in [-0.39, 0.29) is 9.96 Å². The van der Waals surface area contributed by atoms with Gasteiger partial charge in [0.1, 0.15) is 21.3 Å². The zero-order valence-corrected chi connectivity index (χ0v) is 19.3. The molecule has 1 aliphatic rings. The Labute approximate surface area is 193 Å². The van der Waals surface area contributed by atoms with Crippen molar-refractivity contribution >= 4 is 51.6 Å². The first-order chi connectivity index (χ1) is 14.6. The number of hydrazine groups is 1. The molecule has 0 spiro atoms. The molecule has 154 valence electrons. The highest BCUT2D eigenvalue weighted by Crippen LogP contribution is 2.43. The molecule has 1 aromatic heterocycles. The van der Waals surface area contributed by atoms with Gasteiger partial charge in [-0.15, -0.1) is 0 Å². The lowest BCUT2D eigenvalue weighted by Gasteiger charge is -2.33. The predicted octanol–water partition coefficient (Wildman–Crippen LogP) is 6.04. The summed E-state index contributed by atoms with van der Waals surface area (Å²) in [7, 11) is 0. The Morgan fingerprint density at radius 2 is 1.93 bits per heavy atom. The maximum atomic E-state index is 12.8. The number of alkyl halides is 1. The minimum Gasteiger partial charge on any atom is -0.277 e. The summed E-state index contributed by atoms with van der Waals surface area (Å²) < 4.78 is -0.164. The zero-order chi connectivity index (χ0) is 21.1. The molecule has 0 aliphatic carbocycles. The van der Waals surface area contributed by atoms with Gasteiger partial charge in [-0.3, -0.25) is 20.3 Å². The number of fused-ring (bicyclic) bond motifs is 1. The van der Waals surface area contributed by atoms with E-state index >= 15 is 0 Å². The van der Waals surface area contributed by atoms with E-state index in [0.717, 1.165) is 47.7 Å². The van der Waals surface area contributed by atoms with Crippen molar-refractivity contribution in [2.75, 3.05) is 0 Å². The molecule has 30 heavy (non-hydrogen) atoms. The van der Waals surface area contributed by atoms with E-state index in [4.69, 9.17) is 16.6 Å². The Morgan fingerprint density at radius 1 is 1.20 bits per heavy atom. The molecule has 3 aromatic rings. The first kappa shape index (κ1) is 20.9. The van der Waals surface area contributed by atoms with Gasteiger partial charge in [-0.05, 0) is 53.3 Å². The van der Waals surface area contributed by atoms with Crippen molar-refractivity contribution in [2.24, 2.45) is 4.99 Å². The van der Waals surface area contributed by atoms with E-state index in [1.807, 2.05) is 47.5 Å². The molecule has 0 saturated heterocycles. The standard InChI is InChI=1S/C22H21ClIN5O/c1-2-3-9-17-25-19-18(14-10-12-16(23)13-11-14)26-27-20(19)21(24)29(17)28-22(30)15-7-5-4-6-8-15/h4-8,10-13,21H,2-3,9H2,1H3,(H,26,27)(H,28,30). The summed E-state index contributed by atoms with van der Waals surface area (Å²) in [6.45, 7) is 2.14. The molecule has 1 atom stereocenters. The number of amides is 1. The fourth-order valence-corrected chi connectivity index (χ4v) is 4.30. The van der Waals surface area contributed by atoms with Gasteiger partial charge in [0, 0.05) is 22.6 Å². The monoisotopic (exact) mass is 533 g/mol. The van der Waals surface area contributed by atoms with E-state index in [0.29, 0.717) is 10.6 Å². The van der Waals surface area contributed by atoms with Gasteiger partial charge in [0.2, 0.25) is 0 Å². The minimum atomic E-state index is -0.164. The third-order valence-electron chi connectivity index (χ3n) is 4.88. The van der Waals surface area contributed by atoms with Crippen LogP contribution in [0.1, 0.15) is 46.3 Å². The first-order valence-corrected chi connectivity index (χ1v) is 11.4. The average Bonchev–Trinajstić information content (AvgIpc) is 3.19. The molecule has 2 N–H and O–H groups in total. The Morgan fingerprint density at radius 3 is 2.63 bits per heavy atom. The van der Waals surface area contributed by atoms with Crippen molar-refractivity contribution in [3.8, 4) is 11.3 Å². The quantitative estimate of drug-likeness (QED) is 0.230. The summed E-state index contributed by atoms with van der Waals surface area (Å²) in [5.41, 5.74) is 7.03. The number of nitrogens with one attached hydrogen (secondary N) is 2. The van der Waals surface area contributed by atoms with Crippen molar-refractivity contribution in [3.63, 3.8) is 0 Å². The van der Waals surface area contributed by atoms with Crippen molar-refractivity contribution < 1.29 is 4.79 Å². The second-order valence-corrected chi connectivity index (χ2v) is 8.60. The number of aromatic nitrogens is 2. The molecule has 0 fully saturated rings. The number of carbonyl (C=O) groups excluding carboxylic acids is 1. The molecule has 2 heterocycles. The topological polar surface area (TPSA) is 73.4 Å². The number of rotatable bonds is 6. The van der Waals surface area contributed by atoms with Crippen LogP contribution in [0.4, 0.5) is 5.69 Å². The molecule has 1 aliphatic heterocycles. The van der Waals surface area contributed by atoms with Crippen LogP contribution >= 0.6 is 34.2 Å². The molecule has 6 nitrogen and oxygen atoms in total. The third kappa shape index (κ3) is 4.22. The van der Waals surface area contributed by atoms with Crippen LogP contribution in [0.15, 0.2) is 59.6 Å². The lowest BCUT2D eigenvalue weighted by molar-refractivity contribution is 0.0861. The summed E-state index contributed by atoms with van der Waals surface area (Å²) in [5, 5.41) is 10.2. The average molecular weight is 534 g/mol. The molecular formula is C22H21ClIN5O. The fraction of sp³-hybridized carbons (Fsp3) is 0.227. The van der Waals surface area contributed by atoms with Crippen molar-refractivity contribution in [3.05, 3.63) is 70.9 Å². The van der Waals surface area contributed by atoms with Gasteiger partial charge < -0.3 is 0 Å². The van der Waals surface area contributed by atoms with Crippen LogP contribution in [0.3, 0.4) is 0 Å². The van der Waals surface area contributed by atoms with E-state index in [9.17, 15) is 4.79 Å². The lowest BCUT2D eigenvalue weighted by Crippen LogP contribution is -2.48. The van der Waals surface area contributed by atoms with Crippen LogP contribution in [0.5, 0.6) is 0 Å². The van der Waals surface area contributed by atoms with Crippen molar-refractivity contribution in [1.29, 1.82) is 0 Å². The highest BCUT2D eigenvalue weighted by molar-refractivity contribution is 14.1. The molecule has 0 radical (unpaired) electrons. The normalized spacial score (nSPS) is 15.5. The Hall–Kier alpha value is -2.39. The molecule has 1 amide bonds. The van der Waals surface area contributed by atoms with Crippen LogP contribution in [-0.2, 0) is 0 Å². The molecule has 8 heteroatoms. The molecule has 0 saturated carbocycles. The largest absolute Gasteiger partial charge is 0.277 e. The smallest absolute Gasteiger partial charge is 0.269 e. The van der Waals surface area contributed by atoms with E-state index < -0.39 is 0 Å². The highest BCUT2D eigenvalue weighted by Gasteiger charge is 2.33. The molecular weight excluding hydrogens is 513 g/mol. The number of benzene rings is 2. The molecule has 0 bridgehead atoms. The maximum absolute atomic E-state index is 12.8. The summed E-state index contributed by atoms with van der Waals surface area (Å²) in [5.74, 6) is 0.659. The number of halogens is 2. The number of H-pyrrole nitrogens is 1. The van der Waals surface area contributed by atoms with Gasteiger partial charge in [0.05, 0.1) is 5.69 Å². The zero-order valence-electron chi connectivity index (χ0n) is 16.4. The van der Waals surface area contributed by atoms with Crippen LogP contribution in [0.2, 0.25) is 5.02 Å². The molecule has 2 aromatic carbocycles. The number of nitrogens with zero attached hydrogens (tertiary/aromatic N) is 3. The summed E-state index contributed by atoms with van der Waals surface area (Å²) in [4.78, 5) is 17.7. The summed E-state index contributed by atoms with van der Waals surface area (Å²) >= 11 is 8.34. The number of hydrogen-bond donors (Lipinski definition) is 2. The van der Waals surface area contributed by atoms with Crippen molar-refractivity contribution in [2.45, 2.75) is 30.2 Å². The number of unbranched alkanes of at least 4 members (excludes halogenated alkanes) is 1. The van der Waals surface area contributed by atoms with Gasteiger partial charge in [0.25, 0.3) is 5.91 Å². The number of aromatic amines is 1. The highest BCUT2D eigenvalue weighted by atomic mass is 127. The predicted molar refractivity (Wildman–Crippen MR) is 128 cm³/mol. The molecule has 1 unspecified atom stereocenters. The Bertz CT molecular complexity index is 1060. The SMILES string of the molecule is CCCCC1=Nc2c(-c3ccc(Cl)cc3)n[nH]c2C(I)N1NC(=O)c1ccccc1. The lowest BCUT2D eigenvalue weighted by atomic mass is 10.1. The van der Waals surface area contributed by atoms with Gasteiger partial charge in [-0.25, -0.2) is 4.99 Å². The maximum Gasteiger partial charge on any atom is 0.269 e. The van der Waals surface area contributed by atoms with Gasteiger partial charge in [-0.2, -0.15) is 5.10 Å². The fourth-order valence-electron chi connectivity index (χ4n) is 3.28. The second kappa shape index (κ2) is 9.18. The summed E-state index contributed by atoms with van der Waals surface area (Å²) in [6.07, 6.45) is 2.77. The Kier molecular flexibility index (Phi) is 6.38. The minimum absolute atomic E-state index is 0.164. The molecule has 4 rings (SSSR count). The number of amidine groups is 1. The van der Waals surface area contributed by atoms with Crippen molar-refractivity contribution in [1.82, 2.24) is 20.6 Å². The van der Waals surface area contributed by atoms with E-state index in [1.54, 1.807) is 12.1 Å². The van der Waals surface area contributed by atoms with Crippen LogP contribution in [0, 0.1) is 0 Å². The van der Waals surface area contributed by atoms with Gasteiger partial charge in [-0.1, -0.05) is 55.3 Å². The summed E-state index contributed by atoms with van der Waals surface area (Å²) in [6, 6.07) is 16.7. The van der Waals surface area contributed by atoms with Crippen LogP contribution in [-0.4, -0.2) is 26.9 Å². The van der Waals surface area contributed by atoms with Gasteiger partial charge >= 0.3 is 0 Å². The number of hydrogen-bond acceptors (Lipinski definition) is 4. The van der Waals surface area contributed by atoms with Crippen LogP contribution < -0.4 is 5.43 Å². The number of aliphatic imine (C=N–C) groups is 1. The third-order valence-corrected chi connectivity index (χ3v) is 6.31. The van der Waals surface area contributed by atoms with Gasteiger partial charge in [0.15, 0.2) is 0 Å². The van der Waals surface area contributed by atoms with Crippen LogP contribution in [0.25, 0.3) is 11.3 Å². The number of carbonyl (C=O) groups is 1.